The van der Waals surface area contributed by atoms with E-state index in [-0.39, 0.29) is 0 Å². The molecule has 0 nitrogen and oxygen atoms in total. The first-order chi connectivity index (χ1) is 8.31. The maximum Gasteiger partial charge on any atom is 0.0593 e. The molecule has 0 radical (unpaired) electrons. The maximum absolute atomic E-state index is 2.87. The molecule has 114 valence electrons. The Bertz CT molecular complexity index is 264. The molecule has 4 heteroatoms. The number of unbranched alkanes of at least 4 members (excludes halogenated alkanes) is 2. The minimum Gasteiger partial charge on any atom is -0.105 e. The summed E-state index contributed by atoms with van der Waals surface area (Å²) in [5, 5.41) is 0. The van der Waals surface area contributed by atoms with Gasteiger partial charge in [0.2, 0.25) is 0 Å². The van der Waals surface area contributed by atoms with Gasteiger partial charge in [0.25, 0.3) is 0 Å². The van der Waals surface area contributed by atoms with Crippen molar-refractivity contribution in [3.05, 3.63) is 11.8 Å². The topological polar surface area (TPSA) is 0 Å². The van der Waals surface area contributed by atoms with E-state index in [0.29, 0.717) is 0 Å². The van der Waals surface area contributed by atoms with Gasteiger partial charge in [-0.1, -0.05) is 84.8 Å². The summed E-state index contributed by atoms with van der Waals surface area (Å²) in [6.07, 6.45) is 6.60. The first-order valence-electron chi connectivity index (χ1n) is 7.99. The second kappa shape index (κ2) is 6.58. The van der Waals surface area contributed by atoms with E-state index in [0.717, 1.165) is 0 Å². The van der Waals surface area contributed by atoms with Crippen LogP contribution in [-0.4, -0.2) is 29.4 Å². The van der Waals surface area contributed by atoms with Crippen LogP contribution in [0.25, 0.3) is 0 Å². The Morgan fingerprint density at radius 3 is 1.32 bits per heavy atom. The lowest BCUT2D eigenvalue weighted by atomic mass is 10.2. The van der Waals surface area contributed by atoms with Crippen LogP contribution in [0, 0.1) is 0 Å². The smallest absolute Gasteiger partial charge is 0.0593 e. The van der Waals surface area contributed by atoms with E-state index in [9.17, 15) is 0 Å². The van der Waals surface area contributed by atoms with Gasteiger partial charge < -0.3 is 0 Å². The highest BCUT2D eigenvalue weighted by Gasteiger charge is 2.59. The highest BCUT2D eigenvalue weighted by molar-refractivity contribution is 7.90. The third kappa shape index (κ3) is 4.29. The number of hydrogen-bond donors (Lipinski definition) is 0. The fraction of sp³-hybridized carbons (Fsp3) is 0.867. The van der Waals surface area contributed by atoms with Gasteiger partial charge in [-0.2, -0.15) is 0 Å². The molecular formula is C15H38Si4. The quantitative estimate of drug-likeness (QED) is 0.398. The van der Waals surface area contributed by atoms with Crippen LogP contribution in [0.3, 0.4) is 0 Å². The zero-order chi connectivity index (χ0) is 15.5. The van der Waals surface area contributed by atoms with Crippen LogP contribution in [0.2, 0.25) is 58.9 Å². The summed E-state index contributed by atoms with van der Waals surface area (Å²) in [5.41, 5.74) is 2.87. The van der Waals surface area contributed by atoms with E-state index in [4.69, 9.17) is 0 Å². The van der Waals surface area contributed by atoms with Gasteiger partial charge in [0.1, 0.15) is 0 Å². The van der Waals surface area contributed by atoms with Crippen molar-refractivity contribution in [2.24, 2.45) is 0 Å². The van der Waals surface area contributed by atoms with E-state index in [1.165, 1.54) is 19.3 Å². The molecule has 0 spiro atoms. The molecule has 0 aromatic rings. The van der Waals surface area contributed by atoms with Crippen LogP contribution in [0.4, 0.5) is 0 Å². The molecule has 0 bridgehead atoms. The Balaban J connectivity index is 5.76. The van der Waals surface area contributed by atoms with Crippen molar-refractivity contribution in [2.45, 2.75) is 85.1 Å². The second-order valence-electron chi connectivity index (χ2n) is 9.10. The molecule has 19 heavy (non-hydrogen) atoms. The monoisotopic (exact) mass is 330 g/mol. The van der Waals surface area contributed by atoms with Crippen molar-refractivity contribution in [1.82, 2.24) is 0 Å². The predicted octanol–water partition coefficient (Wildman–Crippen LogP) is 5.97. The van der Waals surface area contributed by atoms with Crippen molar-refractivity contribution < 1.29 is 0 Å². The molecule has 0 aromatic carbocycles. The number of hydrogen-bond acceptors (Lipinski definition) is 0. The fourth-order valence-electron chi connectivity index (χ4n) is 4.71. The van der Waals surface area contributed by atoms with Gasteiger partial charge in [-0.25, -0.2) is 0 Å². The SMILES string of the molecule is CCCCC=C[Si]([Si](C)(C)C)([Si](C)(C)C)[Si](C)(C)C. The van der Waals surface area contributed by atoms with E-state index in [1.54, 1.807) is 0 Å². The molecule has 0 aliphatic rings. The number of rotatable bonds is 7. The van der Waals surface area contributed by atoms with Crippen LogP contribution in [-0.2, 0) is 0 Å². The molecule has 0 rings (SSSR count). The Kier molecular flexibility index (Phi) is 6.79. The first kappa shape index (κ1) is 19.6. The van der Waals surface area contributed by atoms with Crippen LogP contribution >= 0.6 is 0 Å². The van der Waals surface area contributed by atoms with Gasteiger partial charge in [0.05, 0.1) is 6.63 Å². The third-order valence-corrected chi connectivity index (χ3v) is 75.8. The second-order valence-corrected chi connectivity index (χ2v) is 49.7. The Labute approximate surface area is 126 Å². The lowest BCUT2D eigenvalue weighted by Crippen LogP contribution is -2.81. The van der Waals surface area contributed by atoms with Gasteiger partial charge in [0, 0.05) is 22.8 Å². The standard InChI is InChI=1S/C15H38Si4/c1-11-12-13-14-15-19(16(2,3)4,17(5,6)7)18(8,9)10/h14-15H,11-13H2,1-10H3. The van der Waals surface area contributed by atoms with Crippen LogP contribution in [0.1, 0.15) is 26.2 Å². The molecular weight excluding hydrogens is 293 g/mol. The Hall–Kier alpha value is 0.608. The summed E-state index contributed by atoms with van der Waals surface area (Å²) in [6, 6.07) is 0. The van der Waals surface area contributed by atoms with E-state index in [2.05, 4.69) is 77.6 Å². The van der Waals surface area contributed by atoms with Gasteiger partial charge >= 0.3 is 0 Å². The van der Waals surface area contributed by atoms with Gasteiger partial charge in [0.15, 0.2) is 0 Å². The molecule has 0 saturated carbocycles. The fourth-order valence-corrected chi connectivity index (χ4v) is 100. The summed E-state index contributed by atoms with van der Waals surface area (Å²) in [7, 11) is -3.28. The highest BCUT2D eigenvalue weighted by Crippen LogP contribution is 2.38. The molecule has 0 heterocycles. The molecule has 0 aromatic heterocycles. The van der Waals surface area contributed by atoms with Crippen molar-refractivity contribution in [3.63, 3.8) is 0 Å². The van der Waals surface area contributed by atoms with Gasteiger partial charge in [-0.3, -0.25) is 0 Å². The molecule has 0 unspecified atom stereocenters. The van der Waals surface area contributed by atoms with Crippen LogP contribution in [0.5, 0.6) is 0 Å². The van der Waals surface area contributed by atoms with Crippen LogP contribution in [0.15, 0.2) is 11.8 Å². The first-order valence-corrected chi connectivity index (χ1v) is 23.6. The van der Waals surface area contributed by atoms with Crippen molar-refractivity contribution in [2.75, 3.05) is 0 Å². The summed E-state index contributed by atoms with van der Waals surface area (Å²) >= 11 is 0. The highest BCUT2D eigenvalue weighted by atomic mass is 29.9. The molecule has 0 N–H and O–H groups in total. The predicted molar refractivity (Wildman–Crippen MR) is 104 cm³/mol. The zero-order valence-corrected chi connectivity index (χ0v) is 19.3. The van der Waals surface area contributed by atoms with Gasteiger partial charge in [-0.15, -0.1) is 5.70 Å². The number of allylic oxidation sites excluding steroid dienone is 1. The lowest BCUT2D eigenvalue weighted by molar-refractivity contribution is 0.815. The molecule has 0 amide bonds. The molecule has 0 aliphatic heterocycles. The minimum absolute atomic E-state index is 1.09. The molecule has 0 saturated heterocycles. The van der Waals surface area contributed by atoms with Crippen LogP contribution < -0.4 is 0 Å². The zero-order valence-electron chi connectivity index (χ0n) is 15.3. The summed E-state index contributed by atoms with van der Waals surface area (Å²) < 4.78 is 0. The normalized spacial score (nSPS) is 15.3. The van der Waals surface area contributed by atoms with E-state index < -0.39 is 29.4 Å². The Morgan fingerprint density at radius 1 is 0.684 bits per heavy atom. The van der Waals surface area contributed by atoms with Crippen molar-refractivity contribution in [3.8, 4) is 0 Å². The summed E-state index contributed by atoms with van der Waals surface area (Å²) in [5.74, 6) is 0. The Morgan fingerprint density at radius 2 is 1.05 bits per heavy atom. The average Bonchev–Trinajstić information content (AvgIpc) is 2.10. The lowest BCUT2D eigenvalue weighted by Gasteiger charge is -2.56. The third-order valence-electron chi connectivity index (χ3n) is 4.64. The summed E-state index contributed by atoms with van der Waals surface area (Å²) in [4.78, 5) is 0. The van der Waals surface area contributed by atoms with Gasteiger partial charge in [-0.05, 0) is 6.42 Å². The maximum atomic E-state index is 2.87. The summed E-state index contributed by atoms with van der Waals surface area (Å²) in [6.45, 7) is 25.1. The molecule has 0 aliphatic carbocycles. The van der Waals surface area contributed by atoms with E-state index in [1.807, 2.05) is 0 Å². The van der Waals surface area contributed by atoms with Crippen molar-refractivity contribution >= 4 is 29.4 Å². The largest absolute Gasteiger partial charge is 0.105 e. The molecule has 0 atom stereocenters. The van der Waals surface area contributed by atoms with E-state index >= 15 is 0 Å². The molecule has 0 fully saturated rings. The average molecular weight is 331 g/mol. The minimum atomic E-state index is -1.21. The van der Waals surface area contributed by atoms with Crippen molar-refractivity contribution in [1.29, 1.82) is 0 Å².